The molecule has 5 heteroatoms. The minimum Gasteiger partial charge on any atom is -0.489 e. The van der Waals surface area contributed by atoms with Crippen molar-refractivity contribution in [3.05, 3.63) is 101 Å². The average Bonchev–Trinajstić information content (AvgIpc) is 2.93. The molecule has 0 N–H and O–H groups in total. The molecule has 1 saturated heterocycles. The molecule has 0 bridgehead atoms. The third-order valence-electron chi connectivity index (χ3n) is 7.37. The van der Waals surface area contributed by atoms with E-state index in [-0.39, 0.29) is 12.1 Å². The van der Waals surface area contributed by atoms with Gasteiger partial charge in [-0.3, -0.25) is 0 Å². The van der Waals surface area contributed by atoms with E-state index in [2.05, 4.69) is 41.3 Å². The first-order valence-corrected chi connectivity index (χ1v) is 12.8. The minimum atomic E-state index is -0.176. The molecule has 1 heterocycles. The Kier molecular flexibility index (Phi) is 7.69. The maximum absolute atomic E-state index is 15.5. The summed E-state index contributed by atoms with van der Waals surface area (Å²) in [6.07, 6.45) is 5.73. The lowest BCUT2D eigenvalue weighted by atomic mass is 9.86. The molecule has 0 unspecified atom stereocenters. The molecule has 2 aliphatic rings. The van der Waals surface area contributed by atoms with Gasteiger partial charge in [-0.2, -0.15) is 0 Å². The summed E-state index contributed by atoms with van der Waals surface area (Å²) < 4.78 is 32.4. The van der Waals surface area contributed by atoms with Gasteiger partial charge in [-0.25, -0.2) is 4.39 Å². The molecule has 4 nitrogen and oxygen atoms in total. The maximum Gasteiger partial charge on any atom is 0.159 e. The van der Waals surface area contributed by atoms with Crippen LogP contribution >= 0.6 is 0 Å². The smallest absolute Gasteiger partial charge is 0.159 e. The second-order valence-electron chi connectivity index (χ2n) is 9.58. The zero-order chi connectivity index (χ0) is 24.9. The molecular weight excluding hydrogens is 453 g/mol. The molecular formula is C31H34FNO3. The third kappa shape index (κ3) is 5.32. The third-order valence-corrected chi connectivity index (χ3v) is 7.37. The molecule has 0 atom stereocenters. The Labute approximate surface area is 213 Å². The molecule has 3 aromatic rings. The van der Waals surface area contributed by atoms with Crippen LogP contribution in [-0.2, 0) is 22.5 Å². The first-order valence-electron chi connectivity index (χ1n) is 12.8. The molecule has 1 aliphatic carbocycles. The Morgan fingerprint density at radius 3 is 2.39 bits per heavy atom. The summed E-state index contributed by atoms with van der Waals surface area (Å²) in [5, 5.41) is 0. The van der Waals surface area contributed by atoms with Gasteiger partial charge in [0.1, 0.15) is 18.2 Å². The van der Waals surface area contributed by atoms with E-state index in [0.717, 1.165) is 66.9 Å². The van der Waals surface area contributed by atoms with E-state index in [1.54, 1.807) is 20.3 Å². The minimum absolute atomic E-state index is 0.172. The van der Waals surface area contributed by atoms with E-state index in [1.165, 1.54) is 5.56 Å². The standard InChI is InChI=1S/C31H34FNO3/c1-34-31(35-2)23-15-17-33(18-16-23)25-11-13-29(30(32)20-25)28-10-6-9-24-19-26(12-14-27(24)28)36-21-22-7-4-3-5-8-22/h3-5,7-8,10-14,19-20,23,31H,6,9,15-18,21H2,1-2H3. The summed E-state index contributed by atoms with van der Waals surface area (Å²) in [5.74, 6) is 1.04. The molecule has 0 amide bonds. The van der Waals surface area contributed by atoms with Gasteiger partial charge in [0.05, 0.1) is 0 Å². The van der Waals surface area contributed by atoms with E-state index >= 15 is 4.39 Å². The van der Waals surface area contributed by atoms with Gasteiger partial charge in [-0.1, -0.05) is 42.5 Å². The number of nitrogens with zero attached hydrogens (tertiary/aromatic N) is 1. The number of halogens is 1. The summed E-state index contributed by atoms with van der Waals surface area (Å²) in [5.41, 5.74) is 5.99. The Balaban J connectivity index is 1.28. The predicted molar refractivity (Wildman–Crippen MR) is 142 cm³/mol. The predicted octanol–water partition coefficient (Wildman–Crippen LogP) is 6.62. The van der Waals surface area contributed by atoms with E-state index < -0.39 is 0 Å². The average molecular weight is 488 g/mol. The van der Waals surface area contributed by atoms with Crippen LogP contribution in [0.15, 0.2) is 72.8 Å². The van der Waals surface area contributed by atoms with Crippen LogP contribution in [0, 0.1) is 11.7 Å². The fraction of sp³-hybridized carbons (Fsp3) is 0.355. The molecule has 0 saturated carbocycles. The molecule has 188 valence electrons. The van der Waals surface area contributed by atoms with Gasteiger partial charge in [0.2, 0.25) is 0 Å². The van der Waals surface area contributed by atoms with Crippen LogP contribution in [0.3, 0.4) is 0 Å². The summed E-state index contributed by atoms with van der Waals surface area (Å²) in [6, 6.07) is 22.0. The van der Waals surface area contributed by atoms with E-state index in [9.17, 15) is 0 Å². The van der Waals surface area contributed by atoms with Gasteiger partial charge in [-0.15, -0.1) is 0 Å². The van der Waals surface area contributed by atoms with Crippen LogP contribution in [-0.4, -0.2) is 33.6 Å². The van der Waals surface area contributed by atoms with Crippen molar-refractivity contribution in [1.29, 1.82) is 0 Å². The van der Waals surface area contributed by atoms with Crippen molar-refractivity contribution >= 4 is 11.3 Å². The number of hydrogen-bond donors (Lipinski definition) is 0. The van der Waals surface area contributed by atoms with Crippen LogP contribution in [0.4, 0.5) is 10.1 Å². The second kappa shape index (κ2) is 11.3. The fourth-order valence-corrected chi connectivity index (χ4v) is 5.44. The molecule has 36 heavy (non-hydrogen) atoms. The van der Waals surface area contributed by atoms with Crippen molar-refractivity contribution in [2.75, 3.05) is 32.2 Å². The number of rotatable bonds is 8. The zero-order valence-corrected chi connectivity index (χ0v) is 21.1. The summed E-state index contributed by atoms with van der Waals surface area (Å²) >= 11 is 0. The highest BCUT2D eigenvalue weighted by molar-refractivity contribution is 5.83. The number of aryl methyl sites for hydroxylation is 1. The quantitative estimate of drug-likeness (QED) is 0.334. The Morgan fingerprint density at radius 2 is 1.67 bits per heavy atom. The topological polar surface area (TPSA) is 30.9 Å². The number of anilines is 1. The van der Waals surface area contributed by atoms with Crippen molar-refractivity contribution in [1.82, 2.24) is 0 Å². The van der Waals surface area contributed by atoms with Crippen LogP contribution in [0.5, 0.6) is 5.75 Å². The van der Waals surface area contributed by atoms with E-state index in [0.29, 0.717) is 18.1 Å². The van der Waals surface area contributed by atoms with Crippen molar-refractivity contribution < 1.29 is 18.6 Å². The highest BCUT2D eigenvalue weighted by atomic mass is 19.1. The molecule has 3 aromatic carbocycles. The summed E-state index contributed by atoms with van der Waals surface area (Å²) in [4.78, 5) is 2.26. The van der Waals surface area contributed by atoms with Gasteiger partial charge >= 0.3 is 0 Å². The second-order valence-corrected chi connectivity index (χ2v) is 9.58. The number of allylic oxidation sites excluding steroid dienone is 1. The van der Waals surface area contributed by atoms with Crippen molar-refractivity contribution in [3.63, 3.8) is 0 Å². The van der Waals surface area contributed by atoms with Crippen molar-refractivity contribution in [2.24, 2.45) is 5.92 Å². The highest BCUT2D eigenvalue weighted by Gasteiger charge is 2.27. The number of ether oxygens (including phenoxy) is 3. The normalized spacial score (nSPS) is 16.1. The number of piperidine rings is 1. The van der Waals surface area contributed by atoms with Gasteiger partial charge in [0, 0.05) is 44.5 Å². The Morgan fingerprint density at radius 1 is 0.917 bits per heavy atom. The first-order chi connectivity index (χ1) is 17.7. The van der Waals surface area contributed by atoms with Gasteiger partial charge in [0.15, 0.2) is 6.29 Å². The van der Waals surface area contributed by atoms with Gasteiger partial charge < -0.3 is 19.1 Å². The Hall–Kier alpha value is -3.15. The zero-order valence-electron chi connectivity index (χ0n) is 21.1. The van der Waals surface area contributed by atoms with Gasteiger partial charge in [-0.05, 0) is 78.3 Å². The SMILES string of the molecule is COC(OC)C1CCN(c2ccc(C3=CCCc4cc(OCc5ccccc5)ccc43)c(F)c2)CC1. The summed E-state index contributed by atoms with van der Waals surface area (Å²) in [6.45, 7) is 2.27. The maximum atomic E-state index is 15.5. The van der Waals surface area contributed by atoms with E-state index in [4.69, 9.17) is 14.2 Å². The lowest BCUT2D eigenvalue weighted by Gasteiger charge is -2.36. The lowest BCUT2D eigenvalue weighted by Crippen LogP contribution is -2.39. The molecule has 5 rings (SSSR count). The van der Waals surface area contributed by atoms with Gasteiger partial charge in [0.25, 0.3) is 0 Å². The van der Waals surface area contributed by atoms with Crippen LogP contribution in [0.25, 0.3) is 5.57 Å². The molecule has 0 aromatic heterocycles. The van der Waals surface area contributed by atoms with Crippen LogP contribution in [0.1, 0.15) is 41.5 Å². The van der Waals surface area contributed by atoms with Crippen LogP contribution < -0.4 is 9.64 Å². The highest BCUT2D eigenvalue weighted by Crippen LogP contribution is 2.36. The number of methoxy groups -OCH3 is 2. The summed E-state index contributed by atoms with van der Waals surface area (Å²) in [7, 11) is 3.37. The first kappa shape index (κ1) is 24.5. The van der Waals surface area contributed by atoms with Crippen molar-refractivity contribution in [2.45, 2.75) is 38.6 Å². The Bertz CT molecular complexity index is 1200. The number of hydrogen-bond acceptors (Lipinski definition) is 4. The van der Waals surface area contributed by atoms with Crippen molar-refractivity contribution in [3.8, 4) is 5.75 Å². The monoisotopic (exact) mass is 487 g/mol. The number of benzene rings is 3. The lowest BCUT2D eigenvalue weighted by molar-refractivity contribution is -0.141. The molecule has 0 spiro atoms. The fourth-order valence-electron chi connectivity index (χ4n) is 5.44. The largest absolute Gasteiger partial charge is 0.489 e. The number of fused-ring (bicyclic) bond motifs is 1. The molecule has 1 aliphatic heterocycles. The van der Waals surface area contributed by atoms with E-state index in [1.807, 2.05) is 30.3 Å². The molecule has 1 fully saturated rings. The molecule has 0 radical (unpaired) electrons. The van der Waals surface area contributed by atoms with Crippen LogP contribution in [0.2, 0.25) is 0 Å².